The Bertz CT molecular complexity index is 390. The lowest BCUT2D eigenvalue weighted by molar-refractivity contribution is 0.203. The molecular formula is C12H16N2O2. The quantitative estimate of drug-likeness (QED) is 0.783. The predicted octanol–water partition coefficient (Wildman–Crippen LogP) is 1.78. The second-order valence-corrected chi connectivity index (χ2v) is 4.07. The van der Waals surface area contributed by atoms with Gasteiger partial charge in [-0.05, 0) is 6.07 Å². The summed E-state index contributed by atoms with van der Waals surface area (Å²) >= 11 is 0. The number of nitrogens with zero attached hydrogens (tertiary/aromatic N) is 1. The molecule has 1 heterocycles. The topological polar surface area (TPSA) is 41.6 Å². The third-order valence-corrected chi connectivity index (χ3v) is 2.66. The second-order valence-electron chi connectivity index (χ2n) is 4.07. The Labute approximate surface area is 95.2 Å². The SMILES string of the molecule is CN(C)C(=O)NC1CCOc2ccccc21. The Morgan fingerprint density at radius 1 is 1.44 bits per heavy atom. The fraction of sp³-hybridized carbons (Fsp3) is 0.417. The summed E-state index contributed by atoms with van der Waals surface area (Å²) in [5.74, 6) is 0.873. The van der Waals surface area contributed by atoms with Gasteiger partial charge in [-0.2, -0.15) is 0 Å². The summed E-state index contributed by atoms with van der Waals surface area (Å²) in [7, 11) is 3.47. The molecule has 1 aliphatic heterocycles. The summed E-state index contributed by atoms with van der Waals surface area (Å²) in [6, 6.07) is 7.82. The summed E-state index contributed by atoms with van der Waals surface area (Å²) in [5, 5.41) is 2.98. The molecule has 0 saturated carbocycles. The molecule has 1 aromatic carbocycles. The standard InChI is InChI=1S/C12H16N2O2/c1-14(2)12(15)13-10-7-8-16-11-6-4-3-5-9(10)11/h3-6,10H,7-8H2,1-2H3,(H,13,15). The van der Waals surface area contributed by atoms with Gasteiger partial charge in [-0.1, -0.05) is 18.2 Å². The maximum absolute atomic E-state index is 11.6. The van der Waals surface area contributed by atoms with Crippen molar-refractivity contribution >= 4 is 6.03 Å². The van der Waals surface area contributed by atoms with Crippen molar-refractivity contribution in [2.24, 2.45) is 0 Å². The maximum atomic E-state index is 11.6. The third-order valence-electron chi connectivity index (χ3n) is 2.66. The van der Waals surface area contributed by atoms with Crippen LogP contribution in [0.4, 0.5) is 4.79 Å². The van der Waals surface area contributed by atoms with Crippen LogP contribution in [-0.4, -0.2) is 31.6 Å². The van der Waals surface area contributed by atoms with Crippen LogP contribution in [0.1, 0.15) is 18.0 Å². The van der Waals surface area contributed by atoms with E-state index in [1.807, 2.05) is 24.3 Å². The van der Waals surface area contributed by atoms with Gasteiger partial charge in [-0.15, -0.1) is 0 Å². The lowest BCUT2D eigenvalue weighted by Gasteiger charge is -2.27. The molecule has 2 rings (SSSR count). The van der Waals surface area contributed by atoms with Gasteiger partial charge in [0.1, 0.15) is 5.75 Å². The summed E-state index contributed by atoms with van der Waals surface area (Å²) in [4.78, 5) is 13.1. The number of carbonyl (C=O) groups excluding carboxylic acids is 1. The minimum absolute atomic E-state index is 0.0554. The fourth-order valence-electron chi connectivity index (χ4n) is 1.77. The molecule has 1 atom stereocenters. The normalized spacial score (nSPS) is 18.2. The van der Waals surface area contributed by atoms with Crippen molar-refractivity contribution in [3.05, 3.63) is 29.8 Å². The van der Waals surface area contributed by atoms with Crippen LogP contribution in [0.3, 0.4) is 0 Å². The van der Waals surface area contributed by atoms with Crippen LogP contribution in [0, 0.1) is 0 Å². The zero-order valence-corrected chi connectivity index (χ0v) is 9.56. The molecule has 0 spiro atoms. The number of benzene rings is 1. The van der Waals surface area contributed by atoms with E-state index < -0.39 is 0 Å². The number of carbonyl (C=O) groups is 1. The molecule has 4 nitrogen and oxygen atoms in total. The van der Waals surface area contributed by atoms with Crippen LogP contribution < -0.4 is 10.1 Å². The first-order valence-corrected chi connectivity index (χ1v) is 5.38. The van der Waals surface area contributed by atoms with Crippen molar-refractivity contribution in [2.45, 2.75) is 12.5 Å². The number of hydrogen-bond acceptors (Lipinski definition) is 2. The molecule has 0 saturated heterocycles. The molecule has 1 aliphatic rings. The Morgan fingerprint density at radius 3 is 2.94 bits per heavy atom. The van der Waals surface area contributed by atoms with Crippen molar-refractivity contribution in [1.82, 2.24) is 10.2 Å². The molecule has 16 heavy (non-hydrogen) atoms. The molecule has 86 valence electrons. The number of ether oxygens (including phenoxy) is 1. The number of hydrogen-bond donors (Lipinski definition) is 1. The van der Waals surface area contributed by atoms with Gasteiger partial charge in [0.2, 0.25) is 0 Å². The number of urea groups is 1. The number of amides is 2. The largest absolute Gasteiger partial charge is 0.493 e. The highest BCUT2D eigenvalue weighted by atomic mass is 16.5. The van der Waals surface area contributed by atoms with Crippen LogP contribution >= 0.6 is 0 Å². The van der Waals surface area contributed by atoms with Crippen molar-refractivity contribution in [1.29, 1.82) is 0 Å². The first-order valence-electron chi connectivity index (χ1n) is 5.38. The Morgan fingerprint density at radius 2 is 2.19 bits per heavy atom. The monoisotopic (exact) mass is 220 g/mol. The summed E-state index contributed by atoms with van der Waals surface area (Å²) in [5.41, 5.74) is 1.06. The highest BCUT2D eigenvalue weighted by Crippen LogP contribution is 2.31. The van der Waals surface area contributed by atoms with E-state index in [-0.39, 0.29) is 12.1 Å². The van der Waals surface area contributed by atoms with Crippen molar-refractivity contribution in [2.75, 3.05) is 20.7 Å². The minimum Gasteiger partial charge on any atom is -0.493 e. The molecule has 0 aliphatic carbocycles. The predicted molar refractivity (Wildman–Crippen MR) is 61.5 cm³/mol. The number of rotatable bonds is 1. The van der Waals surface area contributed by atoms with Gasteiger partial charge in [0, 0.05) is 26.1 Å². The van der Waals surface area contributed by atoms with E-state index in [4.69, 9.17) is 4.74 Å². The Hall–Kier alpha value is -1.71. The molecule has 1 unspecified atom stereocenters. The minimum atomic E-state index is -0.0679. The molecule has 1 N–H and O–H groups in total. The van der Waals surface area contributed by atoms with Gasteiger partial charge in [-0.3, -0.25) is 0 Å². The van der Waals surface area contributed by atoms with Crippen LogP contribution in [0.25, 0.3) is 0 Å². The summed E-state index contributed by atoms with van der Waals surface area (Å²) < 4.78 is 5.53. The highest BCUT2D eigenvalue weighted by molar-refractivity contribution is 5.74. The van der Waals surface area contributed by atoms with Crippen molar-refractivity contribution in [3.8, 4) is 5.75 Å². The van der Waals surface area contributed by atoms with Crippen LogP contribution in [0.5, 0.6) is 5.75 Å². The first kappa shape index (κ1) is 10.8. The van der Waals surface area contributed by atoms with Crippen molar-refractivity contribution < 1.29 is 9.53 Å². The Balaban J connectivity index is 2.16. The zero-order valence-electron chi connectivity index (χ0n) is 9.56. The van der Waals surface area contributed by atoms with Crippen LogP contribution in [-0.2, 0) is 0 Å². The number of fused-ring (bicyclic) bond motifs is 1. The first-order chi connectivity index (χ1) is 7.68. The van der Waals surface area contributed by atoms with Gasteiger partial charge >= 0.3 is 6.03 Å². The van der Waals surface area contributed by atoms with Gasteiger partial charge in [0.25, 0.3) is 0 Å². The molecule has 0 fully saturated rings. The van der Waals surface area contributed by atoms with Gasteiger partial charge in [0.15, 0.2) is 0 Å². The molecule has 2 amide bonds. The van der Waals surface area contributed by atoms with Gasteiger partial charge in [-0.25, -0.2) is 4.79 Å². The van der Waals surface area contributed by atoms with Crippen LogP contribution in [0.2, 0.25) is 0 Å². The van der Waals surface area contributed by atoms with E-state index in [1.165, 1.54) is 4.90 Å². The molecule has 0 aromatic heterocycles. The smallest absolute Gasteiger partial charge is 0.317 e. The third kappa shape index (κ3) is 2.10. The van der Waals surface area contributed by atoms with E-state index in [2.05, 4.69) is 5.32 Å². The number of para-hydroxylation sites is 1. The lowest BCUT2D eigenvalue weighted by Crippen LogP contribution is -2.38. The van der Waals surface area contributed by atoms with E-state index in [0.29, 0.717) is 6.61 Å². The molecule has 0 bridgehead atoms. The molecule has 1 aromatic rings. The average Bonchev–Trinajstić information content (AvgIpc) is 2.29. The summed E-state index contributed by atoms with van der Waals surface area (Å²) in [6.45, 7) is 0.648. The van der Waals surface area contributed by atoms with E-state index in [9.17, 15) is 4.79 Å². The summed E-state index contributed by atoms with van der Waals surface area (Å²) in [6.07, 6.45) is 0.816. The molecule has 4 heteroatoms. The van der Waals surface area contributed by atoms with Crippen molar-refractivity contribution in [3.63, 3.8) is 0 Å². The van der Waals surface area contributed by atoms with Gasteiger partial charge < -0.3 is 15.0 Å². The molecular weight excluding hydrogens is 204 g/mol. The van der Waals surface area contributed by atoms with Crippen LogP contribution in [0.15, 0.2) is 24.3 Å². The highest BCUT2D eigenvalue weighted by Gasteiger charge is 2.22. The molecule has 0 radical (unpaired) electrons. The Kier molecular flexibility index (Phi) is 2.99. The number of nitrogens with one attached hydrogen (secondary N) is 1. The van der Waals surface area contributed by atoms with E-state index in [0.717, 1.165) is 17.7 Å². The van der Waals surface area contributed by atoms with E-state index >= 15 is 0 Å². The average molecular weight is 220 g/mol. The van der Waals surface area contributed by atoms with E-state index in [1.54, 1.807) is 14.1 Å². The fourth-order valence-corrected chi connectivity index (χ4v) is 1.77. The lowest BCUT2D eigenvalue weighted by atomic mass is 10.0. The van der Waals surface area contributed by atoms with Gasteiger partial charge in [0.05, 0.1) is 12.6 Å². The zero-order chi connectivity index (χ0) is 11.5. The second kappa shape index (κ2) is 4.43. The maximum Gasteiger partial charge on any atom is 0.317 e.